The Morgan fingerprint density at radius 1 is 1.12 bits per heavy atom. The number of alkyl halides is 1. The monoisotopic (exact) mass is 501 g/mol. The molecule has 0 saturated carbocycles. The predicted molar refractivity (Wildman–Crippen MR) is 136 cm³/mol. The number of aryl methyl sites for hydroxylation is 1. The normalized spacial score (nSPS) is 11.2. The average Bonchev–Trinajstić information content (AvgIpc) is 3.20. The van der Waals surface area contributed by atoms with Gasteiger partial charge in [-0.25, -0.2) is 12.7 Å². The van der Waals surface area contributed by atoms with Crippen LogP contribution in [-0.4, -0.2) is 32.4 Å². The second kappa shape index (κ2) is 11.0. The maximum absolute atomic E-state index is 13.8. The number of nitrogens with zero attached hydrogens (tertiary/aromatic N) is 3. The summed E-state index contributed by atoms with van der Waals surface area (Å²) >= 11 is 6.20. The molecule has 2 heterocycles. The minimum absolute atomic E-state index is 0.126. The van der Waals surface area contributed by atoms with Gasteiger partial charge in [0, 0.05) is 41.9 Å². The van der Waals surface area contributed by atoms with Crippen LogP contribution >= 0.6 is 11.6 Å². The van der Waals surface area contributed by atoms with E-state index in [4.69, 9.17) is 20.9 Å². The van der Waals surface area contributed by atoms with Crippen LogP contribution in [0.5, 0.6) is 0 Å². The Labute approximate surface area is 205 Å². The van der Waals surface area contributed by atoms with Crippen LogP contribution in [0.15, 0.2) is 64.3 Å². The van der Waals surface area contributed by atoms with E-state index >= 15 is 0 Å². The molecular formula is C25H28ClN3O4S. The maximum Gasteiger partial charge on any atom is 0.268 e. The van der Waals surface area contributed by atoms with E-state index in [0.717, 1.165) is 26.2 Å². The summed E-state index contributed by atoms with van der Waals surface area (Å²) in [5.74, 6) is 1.03. The zero-order valence-corrected chi connectivity index (χ0v) is 21.4. The van der Waals surface area contributed by atoms with Crippen molar-refractivity contribution in [2.24, 2.45) is 0 Å². The highest BCUT2D eigenvalue weighted by atomic mass is 35.5. The molecule has 0 aliphatic rings. The third-order valence-corrected chi connectivity index (χ3v) is 7.42. The Kier molecular flexibility index (Phi) is 8.30. The number of fused-ring (bicyclic) bond motifs is 1. The molecule has 0 aliphatic heterocycles. The molecule has 0 atom stereocenters. The van der Waals surface area contributed by atoms with Crippen LogP contribution in [0.4, 0.5) is 5.82 Å². The summed E-state index contributed by atoms with van der Waals surface area (Å²) in [5.41, 5.74) is 2.80. The third-order valence-electron chi connectivity index (χ3n) is 5.36. The van der Waals surface area contributed by atoms with Gasteiger partial charge in [0.15, 0.2) is 5.82 Å². The number of methoxy groups -OCH3 is 1. The number of benzene rings is 2. The first-order valence-electron chi connectivity index (χ1n) is 10.8. The zero-order chi connectivity index (χ0) is 24.9. The van der Waals surface area contributed by atoms with Crippen LogP contribution < -0.4 is 4.31 Å². The van der Waals surface area contributed by atoms with Gasteiger partial charge >= 0.3 is 0 Å². The van der Waals surface area contributed by atoms with Gasteiger partial charge in [-0.05, 0) is 54.6 Å². The first kappa shape index (κ1) is 25.7. The van der Waals surface area contributed by atoms with E-state index in [2.05, 4.69) is 10.1 Å². The molecule has 0 unspecified atom stereocenters. The topological polar surface area (TPSA) is 85.5 Å². The summed E-state index contributed by atoms with van der Waals surface area (Å²) in [6.45, 7) is 7.28. The minimum atomic E-state index is -4.04. The fourth-order valence-electron chi connectivity index (χ4n) is 3.60. The zero-order valence-electron chi connectivity index (χ0n) is 19.9. The molecule has 2 aromatic heterocycles. The van der Waals surface area contributed by atoms with Gasteiger partial charge in [-0.15, -0.1) is 11.6 Å². The standard InChI is InChI=1S/C23H22ClN3O4S.C2H6/c1-15-16(2)31-26-23(15)27(14-30-3)32(28,29)22-7-5-4-6-21(22)17-10-18(12-24)20-8-9-25-13-19(20)11-17;1-2/h4-11,13H,12,14H2,1-3H3;1-2H3. The van der Waals surface area contributed by atoms with Crippen molar-refractivity contribution >= 4 is 38.2 Å². The molecule has 0 bridgehead atoms. The van der Waals surface area contributed by atoms with Crippen LogP contribution in [-0.2, 0) is 20.6 Å². The van der Waals surface area contributed by atoms with Crippen LogP contribution in [0, 0.1) is 13.8 Å². The molecule has 34 heavy (non-hydrogen) atoms. The SMILES string of the molecule is CC.COCN(c1noc(C)c1C)S(=O)(=O)c1ccccc1-c1cc(CCl)c2ccncc2c1. The molecule has 0 amide bonds. The number of anilines is 1. The number of hydrogen-bond donors (Lipinski definition) is 0. The van der Waals surface area contributed by atoms with Gasteiger partial charge in [0.05, 0.1) is 4.90 Å². The van der Waals surface area contributed by atoms with E-state index < -0.39 is 10.0 Å². The fraction of sp³-hybridized carbons (Fsp3) is 0.280. The lowest BCUT2D eigenvalue weighted by atomic mass is 9.98. The lowest BCUT2D eigenvalue weighted by molar-refractivity contribution is 0.208. The summed E-state index contributed by atoms with van der Waals surface area (Å²) < 4.78 is 39.2. The van der Waals surface area contributed by atoms with Gasteiger partial charge in [-0.1, -0.05) is 37.2 Å². The van der Waals surface area contributed by atoms with Gasteiger partial charge in [0.2, 0.25) is 0 Å². The lowest BCUT2D eigenvalue weighted by Crippen LogP contribution is -2.34. The number of hydrogen-bond acceptors (Lipinski definition) is 6. The van der Waals surface area contributed by atoms with Crippen molar-refractivity contribution in [3.63, 3.8) is 0 Å². The van der Waals surface area contributed by atoms with Crippen LogP contribution in [0.1, 0.15) is 30.7 Å². The second-order valence-electron chi connectivity index (χ2n) is 7.32. The Morgan fingerprint density at radius 3 is 2.50 bits per heavy atom. The van der Waals surface area contributed by atoms with E-state index in [-0.39, 0.29) is 23.3 Å². The molecule has 0 spiro atoms. The van der Waals surface area contributed by atoms with E-state index in [9.17, 15) is 8.42 Å². The van der Waals surface area contributed by atoms with Crippen molar-refractivity contribution in [2.45, 2.75) is 38.5 Å². The highest BCUT2D eigenvalue weighted by molar-refractivity contribution is 7.93. The number of rotatable bonds is 7. The van der Waals surface area contributed by atoms with Crippen molar-refractivity contribution < 1.29 is 17.7 Å². The predicted octanol–water partition coefficient (Wildman–Crippen LogP) is 6.07. The number of sulfonamides is 1. The molecule has 0 saturated heterocycles. The molecule has 7 nitrogen and oxygen atoms in total. The lowest BCUT2D eigenvalue weighted by Gasteiger charge is -2.23. The van der Waals surface area contributed by atoms with Crippen LogP contribution in [0.3, 0.4) is 0 Å². The maximum atomic E-state index is 13.8. The average molecular weight is 502 g/mol. The van der Waals surface area contributed by atoms with Gasteiger partial charge in [0.1, 0.15) is 12.5 Å². The van der Waals surface area contributed by atoms with E-state index in [1.165, 1.54) is 7.11 Å². The molecule has 0 aliphatic carbocycles. The Bertz CT molecular complexity index is 1390. The molecule has 9 heteroatoms. The first-order valence-corrected chi connectivity index (χ1v) is 12.8. The summed E-state index contributed by atoms with van der Waals surface area (Å²) in [4.78, 5) is 4.32. The summed E-state index contributed by atoms with van der Waals surface area (Å²) in [5, 5.41) is 5.82. The Morgan fingerprint density at radius 2 is 1.85 bits per heavy atom. The third kappa shape index (κ3) is 4.80. The largest absolute Gasteiger partial charge is 0.363 e. The molecule has 0 radical (unpaired) electrons. The summed E-state index contributed by atoms with van der Waals surface area (Å²) in [6.07, 6.45) is 3.45. The highest BCUT2D eigenvalue weighted by Crippen LogP contribution is 2.35. The Hall–Kier alpha value is -2.94. The minimum Gasteiger partial charge on any atom is -0.363 e. The summed E-state index contributed by atoms with van der Waals surface area (Å²) in [7, 11) is -2.61. The Balaban J connectivity index is 0.00000158. The number of halogens is 1. The van der Waals surface area contributed by atoms with E-state index in [1.807, 2.05) is 32.0 Å². The second-order valence-corrected chi connectivity index (χ2v) is 9.42. The van der Waals surface area contributed by atoms with E-state index in [0.29, 0.717) is 16.9 Å². The highest BCUT2D eigenvalue weighted by Gasteiger charge is 2.31. The molecule has 4 rings (SSSR count). The number of pyridine rings is 1. The van der Waals surface area contributed by atoms with Crippen LogP contribution in [0.2, 0.25) is 0 Å². The van der Waals surface area contributed by atoms with Crippen molar-refractivity contribution in [3.05, 3.63) is 71.7 Å². The van der Waals surface area contributed by atoms with Crippen molar-refractivity contribution in [1.82, 2.24) is 10.1 Å². The van der Waals surface area contributed by atoms with Gasteiger partial charge in [-0.2, -0.15) is 0 Å². The van der Waals surface area contributed by atoms with Crippen molar-refractivity contribution in [1.29, 1.82) is 0 Å². The van der Waals surface area contributed by atoms with Crippen LogP contribution in [0.25, 0.3) is 21.9 Å². The van der Waals surface area contributed by atoms with E-state index in [1.54, 1.807) is 50.5 Å². The molecule has 0 N–H and O–H groups in total. The summed E-state index contributed by atoms with van der Waals surface area (Å²) in [6, 6.07) is 12.6. The fourth-order valence-corrected chi connectivity index (χ4v) is 5.42. The quantitative estimate of drug-likeness (QED) is 0.225. The molecule has 4 aromatic rings. The molecule has 0 fully saturated rings. The smallest absolute Gasteiger partial charge is 0.268 e. The van der Waals surface area contributed by atoms with Gasteiger partial charge in [0.25, 0.3) is 10.0 Å². The molecular weight excluding hydrogens is 474 g/mol. The van der Waals surface area contributed by atoms with Crippen molar-refractivity contribution in [3.8, 4) is 11.1 Å². The van der Waals surface area contributed by atoms with Crippen molar-refractivity contribution in [2.75, 3.05) is 18.1 Å². The van der Waals surface area contributed by atoms with Gasteiger partial charge < -0.3 is 9.26 Å². The molecule has 180 valence electrons. The number of aromatic nitrogens is 2. The van der Waals surface area contributed by atoms with Gasteiger partial charge in [-0.3, -0.25) is 4.98 Å². The first-order chi connectivity index (χ1) is 16.4. The number of ether oxygens (including phenoxy) is 1. The molecule has 2 aromatic carbocycles.